The van der Waals surface area contributed by atoms with Gasteiger partial charge in [-0.1, -0.05) is 0 Å². The van der Waals surface area contributed by atoms with Crippen LogP contribution in [0.2, 0.25) is 0 Å². The summed E-state index contributed by atoms with van der Waals surface area (Å²) in [6.45, 7) is 3.86. The van der Waals surface area contributed by atoms with Gasteiger partial charge in [-0.05, 0) is 56.0 Å². The quantitative estimate of drug-likeness (QED) is 0.778. The number of likely N-dealkylation sites (tertiary alicyclic amines) is 2. The SMILES string of the molecule is O=C(Cc1cc(F)ccc1F)N1C[C@@H](CN2CCC(CO)CC2)[C@@H](CO)C1. The molecule has 2 atom stereocenters. The third-order valence-corrected chi connectivity index (χ3v) is 5.97. The van der Waals surface area contributed by atoms with Crippen molar-refractivity contribution in [1.29, 1.82) is 0 Å². The fourth-order valence-electron chi connectivity index (χ4n) is 4.19. The van der Waals surface area contributed by atoms with Gasteiger partial charge in [0.25, 0.3) is 0 Å². The summed E-state index contributed by atoms with van der Waals surface area (Å²) in [5.41, 5.74) is 0.0649. The molecule has 1 aromatic rings. The van der Waals surface area contributed by atoms with Gasteiger partial charge in [-0.3, -0.25) is 4.79 Å². The van der Waals surface area contributed by atoms with Crippen LogP contribution in [-0.2, 0) is 11.2 Å². The first-order chi connectivity index (χ1) is 13.0. The zero-order chi connectivity index (χ0) is 19.4. The number of piperidine rings is 1. The highest BCUT2D eigenvalue weighted by Crippen LogP contribution is 2.27. The lowest BCUT2D eigenvalue weighted by atomic mass is 9.93. The lowest BCUT2D eigenvalue weighted by molar-refractivity contribution is -0.129. The molecule has 0 bridgehead atoms. The Kier molecular flexibility index (Phi) is 6.78. The fourth-order valence-corrected chi connectivity index (χ4v) is 4.19. The van der Waals surface area contributed by atoms with Crippen LogP contribution in [0.3, 0.4) is 0 Å². The summed E-state index contributed by atoms with van der Waals surface area (Å²) in [4.78, 5) is 16.6. The molecule has 150 valence electrons. The summed E-state index contributed by atoms with van der Waals surface area (Å²) in [5.74, 6) is -0.829. The molecule has 0 saturated carbocycles. The van der Waals surface area contributed by atoms with Crippen molar-refractivity contribution in [2.75, 3.05) is 45.9 Å². The number of aliphatic hydroxyl groups excluding tert-OH is 2. The van der Waals surface area contributed by atoms with E-state index in [4.69, 9.17) is 0 Å². The zero-order valence-corrected chi connectivity index (χ0v) is 15.5. The first kappa shape index (κ1) is 20.2. The number of aliphatic hydroxyl groups is 2. The number of benzene rings is 1. The van der Waals surface area contributed by atoms with E-state index in [2.05, 4.69) is 4.90 Å². The monoisotopic (exact) mass is 382 g/mol. The van der Waals surface area contributed by atoms with Crippen molar-refractivity contribution >= 4 is 5.91 Å². The van der Waals surface area contributed by atoms with Crippen LogP contribution in [0.1, 0.15) is 18.4 Å². The Morgan fingerprint density at radius 2 is 1.78 bits per heavy atom. The van der Waals surface area contributed by atoms with Gasteiger partial charge in [0.05, 0.1) is 6.42 Å². The van der Waals surface area contributed by atoms with E-state index < -0.39 is 11.6 Å². The highest BCUT2D eigenvalue weighted by molar-refractivity contribution is 5.79. The zero-order valence-electron chi connectivity index (χ0n) is 15.5. The number of hydrogen-bond donors (Lipinski definition) is 2. The van der Waals surface area contributed by atoms with Gasteiger partial charge >= 0.3 is 0 Å². The number of amides is 1. The van der Waals surface area contributed by atoms with Crippen LogP contribution in [-0.4, -0.2) is 71.9 Å². The number of hydrogen-bond acceptors (Lipinski definition) is 4. The molecule has 2 N–H and O–H groups in total. The third kappa shape index (κ3) is 5.03. The molecule has 0 aliphatic carbocycles. The molecule has 0 aromatic heterocycles. The lowest BCUT2D eigenvalue weighted by Crippen LogP contribution is -2.40. The van der Waals surface area contributed by atoms with E-state index >= 15 is 0 Å². The van der Waals surface area contributed by atoms with Crippen LogP contribution in [0.25, 0.3) is 0 Å². The van der Waals surface area contributed by atoms with Crippen molar-refractivity contribution < 1.29 is 23.8 Å². The minimum Gasteiger partial charge on any atom is -0.396 e. The summed E-state index contributed by atoms with van der Waals surface area (Å²) in [6, 6.07) is 3.14. The van der Waals surface area contributed by atoms with E-state index in [0.29, 0.717) is 19.0 Å². The molecule has 1 amide bonds. The van der Waals surface area contributed by atoms with Crippen molar-refractivity contribution in [3.8, 4) is 0 Å². The Labute approximate surface area is 158 Å². The van der Waals surface area contributed by atoms with Gasteiger partial charge in [0.1, 0.15) is 11.6 Å². The van der Waals surface area contributed by atoms with Gasteiger partial charge in [-0.15, -0.1) is 0 Å². The molecule has 0 radical (unpaired) electrons. The maximum Gasteiger partial charge on any atom is 0.227 e. The highest BCUT2D eigenvalue weighted by Gasteiger charge is 2.36. The summed E-state index contributed by atoms with van der Waals surface area (Å²) in [5, 5.41) is 19.0. The van der Waals surface area contributed by atoms with Crippen LogP contribution in [0.5, 0.6) is 0 Å². The van der Waals surface area contributed by atoms with Gasteiger partial charge in [0.15, 0.2) is 0 Å². The van der Waals surface area contributed by atoms with E-state index in [0.717, 1.165) is 50.7 Å². The summed E-state index contributed by atoms with van der Waals surface area (Å²) >= 11 is 0. The normalized spacial score (nSPS) is 24.5. The lowest BCUT2D eigenvalue weighted by Gasteiger charge is -2.33. The second kappa shape index (κ2) is 9.08. The van der Waals surface area contributed by atoms with E-state index in [1.807, 2.05) is 0 Å². The molecular formula is C20H28F2N2O3. The van der Waals surface area contributed by atoms with Crippen molar-refractivity contribution in [3.05, 3.63) is 35.4 Å². The molecule has 2 heterocycles. The maximum atomic E-state index is 13.8. The Hall–Kier alpha value is -1.57. The molecule has 2 aliphatic rings. The van der Waals surface area contributed by atoms with Crippen molar-refractivity contribution in [2.24, 2.45) is 17.8 Å². The second-order valence-electron chi connectivity index (χ2n) is 7.84. The highest BCUT2D eigenvalue weighted by atomic mass is 19.1. The predicted octanol–water partition coefficient (Wildman–Crippen LogP) is 1.28. The Morgan fingerprint density at radius 3 is 2.44 bits per heavy atom. The number of carbonyl (C=O) groups is 1. The Morgan fingerprint density at radius 1 is 1.07 bits per heavy atom. The average Bonchev–Trinajstić information content (AvgIpc) is 3.08. The van der Waals surface area contributed by atoms with Gasteiger partial charge < -0.3 is 20.0 Å². The molecule has 5 nitrogen and oxygen atoms in total. The first-order valence-electron chi connectivity index (χ1n) is 9.66. The van der Waals surface area contributed by atoms with Crippen molar-refractivity contribution in [2.45, 2.75) is 19.3 Å². The van der Waals surface area contributed by atoms with Crippen LogP contribution in [0.15, 0.2) is 18.2 Å². The molecule has 2 fully saturated rings. The van der Waals surface area contributed by atoms with Gasteiger partial charge in [0.2, 0.25) is 5.91 Å². The van der Waals surface area contributed by atoms with E-state index in [-0.39, 0.29) is 42.9 Å². The largest absolute Gasteiger partial charge is 0.396 e. The molecule has 0 spiro atoms. The first-order valence-corrected chi connectivity index (χ1v) is 9.66. The molecule has 2 aliphatic heterocycles. The molecule has 0 unspecified atom stereocenters. The third-order valence-electron chi connectivity index (χ3n) is 5.97. The van der Waals surface area contributed by atoms with Crippen molar-refractivity contribution in [3.63, 3.8) is 0 Å². The van der Waals surface area contributed by atoms with Crippen LogP contribution >= 0.6 is 0 Å². The Bertz CT molecular complexity index is 650. The van der Waals surface area contributed by atoms with Gasteiger partial charge in [0, 0.05) is 44.3 Å². The molecule has 27 heavy (non-hydrogen) atoms. The van der Waals surface area contributed by atoms with E-state index in [1.54, 1.807) is 4.90 Å². The summed E-state index contributed by atoms with van der Waals surface area (Å²) in [6.07, 6.45) is 1.76. The summed E-state index contributed by atoms with van der Waals surface area (Å²) in [7, 11) is 0. The number of rotatable bonds is 6. The maximum absolute atomic E-state index is 13.8. The van der Waals surface area contributed by atoms with Crippen LogP contribution in [0.4, 0.5) is 8.78 Å². The topological polar surface area (TPSA) is 64.0 Å². The van der Waals surface area contributed by atoms with Gasteiger partial charge in [-0.2, -0.15) is 0 Å². The minimum atomic E-state index is -0.578. The van der Waals surface area contributed by atoms with Crippen LogP contribution in [0, 0.1) is 29.4 Å². The molecule has 2 saturated heterocycles. The predicted molar refractivity (Wildman–Crippen MR) is 97.0 cm³/mol. The molecule has 3 rings (SSSR count). The van der Waals surface area contributed by atoms with Gasteiger partial charge in [-0.25, -0.2) is 8.78 Å². The van der Waals surface area contributed by atoms with E-state index in [1.165, 1.54) is 0 Å². The molecular weight excluding hydrogens is 354 g/mol. The number of nitrogens with zero attached hydrogens (tertiary/aromatic N) is 2. The second-order valence-corrected chi connectivity index (χ2v) is 7.84. The number of halogens is 2. The minimum absolute atomic E-state index is 0.00173. The van der Waals surface area contributed by atoms with Crippen LogP contribution < -0.4 is 0 Å². The average molecular weight is 382 g/mol. The Balaban J connectivity index is 1.56. The summed E-state index contributed by atoms with van der Waals surface area (Å²) < 4.78 is 27.1. The fraction of sp³-hybridized carbons (Fsp3) is 0.650. The molecule has 7 heteroatoms. The smallest absolute Gasteiger partial charge is 0.227 e. The van der Waals surface area contributed by atoms with Crippen molar-refractivity contribution in [1.82, 2.24) is 9.80 Å². The number of carbonyl (C=O) groups excluding carboxylic acids is 1. The molecule has 1 aromatic carbocycles. The van der Waals surface area contributed by atoms with E-state index in [9.17, 15) is 23.8 Å². The standard InChI is InChI=1S/C20H28F2N2O3/c21-18-1-2-19(22)15(7-18)8-20(27)24-10-16(17(11-24)13-26)9-23-5-3-14(12-25)4-6-23/h1-2,7,14,16-17,25-26H,3-6,8-13H2/t16-,17-/m1/s1.